The second kappa shape index (κ2) is 6.41. The van der Waals surface area contributed by atoms with Crippen LogP contribution >= 0.6 is 27.3 Å². The molecule has 0 saturated carbocycles. The van der Waals surface area contributed by atoms with Gasteiger partial charge < -0.3 is 5.32 Å². The minimum absolute atomic E-state index is 0.934. The number of hydrogen-bond acceptors (Lipinski definition) is 3. The molecule has 3 aromatic rings. The summed E-state index contributed by atoms with van der Waals surface area (Å²) in [6, 6.07) is 18.5. The molecule has 1 aromatic heterocycles. The standard InChI is InChI=1S/C17H15BrN2S/c1-2-15-16(12-7-4-3-5-8-12)20-17(21-15)19-14-10-6-9-13(18)11-14/h3-11H,2H2,1H3,(H,19,20). The maximum absolute atomic E-state index is 4.77. The number of aryl methyl sites for hydroxylation is 1. The van der Waals surface area contributed by atoms with Crippen LogP contribution in [0.15, 0.2) is 59.1 Å². The molecule has 0 atom stereocenters. The minimum Gasteiger partial charge on any atom is -0.331 e. The van der Waals surface area contributed by atoms with Crippen LogP contribution in [0, 0.1) is 0 Å². The first-order chi connectivity index (χ1) is 10.3. The Morgan fingerprint density at radius 1 is 1.10 bits per heavy atom. The zero-order chi connectivity index (χ0) is 14.7. The van der Waals surface area contributed by atoms with Crippen molar-refractivity contribution in [2.45, 2.75) is 13.3 Å². The summed E-state index contributed by atoms with van der Waals surface area (Å²) in [5, 5.41) is 4.32. The third kappa shape index (κ3) is 3.34. The van der Waals surface area contributed by atoms with Crippen LogP contribution in [-0.2, 0) is 6.42 Å². The Hall–Kier alpha value is -1.65. The molecule has 0 aliphatic rings. The van der Waals surface area contributed by atoms with Crippen LogP contribution in [0.4, 0.5) is 10.8 Å². The Balaban J connectivity index is 1.93. The lowest BCUT2D eigenvalue weighted by Crippen LogP contribution is -1.89. The normalized spacial score (nSPS) is 10.6. The molecule has 0 aliphatic carbocycles. The summed E-state index contributed by atoms with van der Waals surface area (Å²) < 4.78 is 1.06. The van der Waals surface area contributed by atoms with Crippen LogP contribution in [-0.4, -0.2) is 4.98 Å². The van der Waals surface area contributed by atoms with Gasteiger partial charge in [0.25, 0.3) is 0 Å². The molecular weight excluding hydrogens is 344 g/mol. The number of nitrogens with zero attached hydrogens (tertiary/aromatic N) is 1. The van der Waals surface area contributed by atoms with E-state index < -0.39 is 0 Å². The molecule has 2 aromatic carbocycles. The molecule has 3 rings (SSSR count). The Labute approximate surface area is 137 Å². The number of rotatable bonds is 4. The van der Waals surface area contributed by atoms with E-state index in [1.807, 2.05) is 24.3 Å². The number of benzene rings is 2. The topological polar surface area (TPSA) is 24.9 Å². The molecule has 1 heterocycles. The van der Waals surface area contributed by atoms with Gasteiger partial charge in [-0.1, -0.05) is 59.3 Å². The van der Waals surface area contributed by atoms with E-state index in [1.165, 1.54) is 10.4 Å². The van der Waals surface area contributed by atoms with Crippen LogP contribution in [0.25, 0.3) is 11.3 Å². The average molecular weight is 359 g/mol. The third-order valence-electron chi connectivity index (χ3n) is 3.14. The van der Waals surface area contributed by atoms with Crippen molar-refractivity contribution in [3.63, 3.8) is 0 Å². The van der Waals surface area contributed by atoms with Crippen LogP contribution in [0.3, 0.4) is 0 Å². The third-order valence-corrected chi connectivity index (χ3v) is 4.75. The van der Waals surface area contributed by atoms with Gasteiger partial charge in [0.1, 0.15) is 0 Å². The summed E-state index contributed by atoms with van der Waals surface area (Å²) in [5.41, 5.74) is 3.30. The second-order valence-corrected chi connectivity index (χ2v) is 6.65. The van der Waals surface area contributed by atoms with Gasteiger partial charge in [0.2, 0.25) is 0 Å². The Kier molecular flexibility index (Phi) is 4.36. The number of anilines is 2. The van der Waals surface area contributed by atoms with E-state index in [9.17, 15) is 0 Å². The Morgan fingerprint density at radius 3 is 2.62 bits per heavy atom. The zero-order valence-corrected chi connectivity index (χ0v) is 14.0. The first-order valence-electron chi connectivity index (χ1n) is 6.84. The van der Waals surface area contributed by atoms with Crippen LogP contribution in [0.2, 0.25) is 0 Å². The van der Waals surface area contributed by atoms with Gasteiger partial charge in [0, 0.05) is 20.6 Å². The van der Waals surface area contributed by atoms with E-state index >= 15 is 0 Å². The van der Waals surface area contributed by atoms with Crippen LogP contribution in [0.5, 0.6) is 0 Å². The lowest BCUT2D eigenvalue weighted by molar-refractivity contribution is 1.17. The largest absolute Gasteiger partial charge is 0.331 e. The van der Waals surface area contributed by atoms with E-state index in [0.717, 1.165) is 27.4 Å². The average Bonchev–Trinajstić information content (AvgIpc) is 2.91. The number of nitrogens with one attached hydrogen (secondary N) is 1. The van der Waals surface area contributed by atoms with E-state index in [0.29, 0.717) is 0 Å². The Bertz CT molecular complexity index is 738. The van der Waals surface area contributed by atoms with Gasteiger partial charge in [0.05, 0.1) is 5.69 Å². The van der Waals surface area contributed by atoms with E-state index in [1.54, 1.807) is 11.3 Å². The molecule has 2 nitrogen and oxygen atoms in total. The maximum Gasteiger partial charge on any atom is 0.187 e. The monoisotopic (exact) mass is 358 g/mol. The molecule has 106 valence electrons. The highest BCUT2D eigenvalue weighted by atomic mass is 79.9. The molecule has 4 heteroatoms. The van der Waals surface area contributed by atoms with Gasteiger partial charge in [-0.05, 0) is 24.6 Å². The lowest BCUT2D eigenvalue weighted by Gasteiger charge is -2.02. The van der Waals surface area contributed by atoms with E-state index in [4.69, 9.17) is 4.98 Å². The summed E-state index contributed by atoms with van der Waals surface area (Å²) in [4.78, 5) is 6.07. The summed E-state index contributed by atoms with van der Waals surface area (Å²) in [7, 11) is 0. The van der Waals surface area contributed by atoms with E-state index in [2.05, 4.69) is 58.5 Å². The number of halogens is 1. The van der Waals surface area contributed by atoms with Crippen molar-refractivity contribution in [2.75, 3.05) is 5.32 Å². The number of hydrogen-bond donors (Lipinski definition) is 1. The lowest BCUT2D eigenvalue weighted by atomic mass is 10.1. The van der Waals surface area contributed by atoms with Crippen molar-refractivity contribution in [2.24, 2.45) is 0 Å². The van der Waals surface area contributed by atoms with E-state index in [-0.39, 0.29) is 0 Å². The molecule has 0 saturated heterocycles. The van der Waals surface area contributed by atoms with Crippen molar-refractivity contribution < 1.29 is 0 Å². The van der Waals surface area contributed by atoms with Crippen molar-refractivity contribution in [1.29, 1.82) is 0 Å². The van der Waals surface area contributed by atoms with Gasteiger partial charge in [0.15, 0.2) is 5.13 Å². The zero-order valence-electron chi connectivity index (χ0n) is 11.6. The highest BCUT2D eigenvalue weighted by Crippen LogP contribution is 2.33. The molecule has 0 unspecified atom stereocenters. The fourth-order valence-electron chi connectivity index (χ4n) is 2.16. The molecule has 0 spiro atoms. The second-order valence-electron chi connectivity index (χ2n) is 4.65. The summed E-state index contributed by atoms with van der Waals surface area (Å²) in [6.45, 7) is 2.17. The first kappa shape index (κ1) is 14.3. The summed E-state index contributed by atoms with van der Waals surface area (Å²) >= 11 is 5.21. The maximum atomic E-state index is 4.77. The fraction of sp³-hybridized carbons (Fsp3) is 0.118. The predicted molar refractivity (Wildman–Crippen MR) is 94.4 cm³/mol. The molecule has 0 bridgehead atoms. The SMILES string of the molecule is CCc1sc(Nc2cccc(Br)c2)nc1-c1ccccc1. The molecular formula is C17H15BrN2S. The highest BCUT2D eigenvalue weighted by Gasteiger charge is 2.11. The van der Waals surface area contributed by atoms with Gasteiger partial charge >= 0.3 is 0 Å². The summed E-state index contributed by atoms with van der Waals surface area (Å²) in [6.07, 6.45) is 0.988. The number of aromatic nitrogens is 1. The van der Waals surface area contributed by atoms with Crippen molar-refractivity contribution >= 4 is 38.1 Å². The molecule has 21 heavy (non-hydrogen) atoms. The molecule has 0 fully saturated rings. The van der Waals surface area contributed by atoms with Gasteiger partial charge in [-0.25, -0.2) is 4.98 Å². The Morgan fingerprint density at radius 2 is 1.90 bits per heavy atom. The fourth-order valence-corrected chi connectivity index (χ4v) is 3.50. The smallest absolute Gasteiger partial charge is 0.187 e. The number of thiazole rings is 1. The molecule has 0 radical (unpaired) electrons. The molecule has 1 N–H and O–H groups in total. The van der Waals surface area contributed by atoms with Crippen molar-refractivity contribution in [3.8, 4) is 11.3 Å². The highest BCUT2D eigenvalue weighted by molar-refractivity contribution is 9.10. The first-order valence-corrected chi connectivity index (χ1v) is 8.45. The van der Waals surface area contributed by atoms with Gasteiger partial charge in [-0.15, -0.1) is 11.3 Å². The predicted octanol–water partition coefficient (Wildman–Crippen LogP) is 5.88. The van der Waals surface area contributed by atoms with Crippen molar-refractivity contribution in [3.05, 3.63) is 63.9 Å². The molecule has 0 aliphatic heterocycles. The minimum atomic E-state index is 0.934. The van der Waals surface area contributed by atoms with Crippen molar-refractivity contribution in [1.82, 2.24) is 4.98 Å². The van der Waals surface area contributed by atoms with Crippen LogP contribution in [0.1, 0.15) is 11.8 Å². The molecule has 0 amide bonds. The van der Waals surface area contributed by atoms with Gasteiger partial charge in [-0.2, -0.15) is 0 Å². The van der Waals surface area contributed by atoms with Gasteiger partial charge in [-0.3, -0.25) is 0 Å². The van der Waals surface area contributed by atoms with Crippen LogP contribution < -0.4 is 5.32 Å². The quantitative estimate of drug-likeness (QED) is 0.629. The summed E-state index contributed by atoms with van der Waals surface area (Å²) in [5.74, 6) is 0.